The molecule has 0 unspecified atom stereocenters. The maximum atomic E-state index is 12.5. The molecule has 0 fully saturated rings. The molecular formula is C15H15F3N2O5. The standard InChI is InChI=1S/C15H15F3N2O5/c1-2-6-19-14(23)20-12(21)8-25-13(22)9-24-11-5-3-4-10(7-11)15(16,17)18/h2-5,7H,1,6,8-9H2,(H2,19,20,21,23). The molecule has 136 valence electrons. The zero-order valence-electron chi connectivity index (χ0n) is 12.9. The molecule has 0 aliphatic carbocycles. The number of hydrogen-bond donors (Lipinski definition) is 2. The summed E-state index contributed by atoms with van der Waals surface area (Å²) in [6.45, 7) is 2.06. The number of benzene rings is 1. The van der Waals surface area contributed by atoms with Crippen molar-refractivity contribution in [1.29, 1.82) is 0 Å². The molecule has 0 aromatic heterocycles. The molecule has 1 aromatic carbocycles. The van der Waals surface area contributed by atoms with E-state index in [0.717, 1.165) is 18.2 Å². The number of carbonyl (C=O) groups is 3. The first-order chi connectivity index (χ1) is 11.7. The molecule has 1 aromatic rings. The van der Waals surface area contributed by atoms with Crippen LogP contribution in [0.5, 0.6) is 5.75 Å². The Morgan fingerprint density at radius 2 is 1.92 bits per heavy atom. The van der Waals surface area contributed by atoms with Gasteiger partial charge in [-0.25, -0.2) is 9.59 Å². The minimum atomic E-state index is -4.54. The lowest BCUT2D eigenvalue weighted by atomic mass is 10.2. The van der Waals surface area contributed by atoms with Gasteiger partial charge in [0.15, 0.2) is 13.2 Å². The maximum absolute atomic E-state index is 12.5. The minimum absolute atomic E-state index is 0.143. The fourth-order valence-corrected chi connectivity index (χ4v) is 1.46. The van der Waals surface area contributed by atoms with E-state index in [9.17, 15) is 27.6 Å². The number of amides is 3. The van der Waals surface area contributed by atoms with Gasteiger partial charge in [-0.2, -0.15) is 13.2 Å². The van der Waals surface area contributed by atoms with E-state index in [0.29, 0.717) is 0 Å². The molecule has 0 aliphatic heterocycles. The molecule has 3 amide bonds. The first-order valence-corrected chi connectivity index (χ1v) is 6.86. The van der Waals surface area contributed by atoms with Crippen molar-refractivity contribution in [3.05, 3.63) is 42.5 Å². The maximum Gasteiger partial charge on any atom is 0.416 e. The van der Waals surface area contributed by atoms with Crippen molar-refractivity contribution in [3.63, 3.8) is 0 Å². The summed E-state index contributed by atoms with van der Waals surface area (Å²) in [7, 11) is 0. The number of nitrogens with one attached hydrogen (secondary N) is 2. The topological polar surface area (TPSA) is 93.7 Å². The third kappa shape index (κ3) is 7.86. The molecule has 10 heteroatoms. The number of carbonyl (C=O) groups excluding carboxylic acids is 3. The molecule has 1 rings (SSSR count). The predicted molar refractivity (Wildman–Crippen MR) is 79.6 cm³/mol. The van der Waals surface area contributed by atoms with Crippen molar-refractivity contribution in [2.75, 3.05) is 19.8 Å². The second-order valence-electron chi connectivity index (χ2n) is 4.52. The lowest BCUT2D eigenvalue weighted by molar-refractivity contribution is -0.150. The first-order valence-electron chi connectivity index (χ1n) is 6.86. The van der Waals surface area contributed by atoms with Crippen molar-refractivity contribution in [3.8, 4) is 5.75 Å². The van der Waals surface area contributed by atoms with Crippen molar-refractivity contribution in [2.24, 2.45) is 0 Å². The van der Waals surface area contributed by atoms with E-state index in [1.54, 1.807) is 0 Å². The zero-order chi connectivity index (χ0) is 18.9. The Bertz CT molecular complexity index is 646. The van der Waals surface area contributed by atoms with Gasteiger partial charge in [0.25, 0.3) is 5.91 Å². The normalized spacial score (nSPS) is 10.5. The van der Waals surface area contributed by atoms with Gasteiger partial charge >= 0.3 is 18.2 Å². The van der Waals surface area contributed by atoms with Gasteiger partial charge in [0.05, 0.1) is 5.56 Å². The van der Waals surface area contributed by atoms with E-state index in [1.165, 1.54) is 12.1 Å². The van der Waals surface area contributed by atoms with Crippen molar-refractivity contribution < 1.29 is 37.0 Å². The Morgan fingerprint density at radius 3 is 2.56 bits per heavy atom. The lowest BCUT2D eigenvalue weighted by Gasteiger charge is -2.10. The second kappa shape index (κ2) is 9.30. The molecule has 0 aliphatic rings. The Hall–Kier alpha value is -3.04. The van der Waals surface area contributed by atoms with Gasteiger partial charge in [-0.3, -0.25) is 10.1 Å². The molecule has 0 spiro atoms. The quantitative estimate of drug-likeness (QED) is 0.570. The van der Waals surface area contributed by atoms with Gasteiger partial charge in [-0.05, 0) is 18.2 Å². The first kappa shape index (κ1) is 20.0. The van der Waals surface area contributed by atoms with E-state index in [-0.39, 0.29) is 12.3 Å². The summed E-state index contributed by atoms with van der Waals surface area (Å²) in [6.07, 6.45) is -3.14. The van der Waals surface area contributed by atoms with Crippen LogP contribution in [0.1, 0.15) is 5.56 Å². The summed E-state index contributed by atoms with van der Waals surface area (Å²) in [5, 5.41) is 4.16. The fourth-order valence-electron chi connectivity index (χ4n) is 1.46. The molecule has 2 N–H and O–H groups in total. The molecule has 0 atom stereocenters. The lowest BCUT2D eigenvalue weighted by Crippen LogP contribution is -2.41. The van der Waals surface area contributed by atoms with Gasteiger partial charge in [0.1, 0.15) is 5.75 Å². The van der Waals surface area contributed by atoms with E-state index in [1.807, 2.05) is 5.32 Å². The van der Waals surface area contributed by atoms with Crippen LogP contribution < -0.4 is 15.4 Å². The minimum Gasteiger partial charge on any atom is -0.482 e. The summed E-state index contributed by atoms with van der Waals surface area (Å²) < 4.78 is 47.0. The molecule has 0 saturated heterocycles. The van der Waals surface area contributed by atoms with Crippen molar-refractivity contribution >= 4 is 17.9 Å². The average Bonchev–Trinajstić information content (AvgIpc) is 2.55. The van der Waals surface area contributed by atoms with Crippen LogP contribution in [-0.4, -0.2) is 37.7 Å². The van der Waals surface area contributed by atoms with Gasteiger partial charge in [-0.15, -0.1) is 6.58 Å². The molecule has 25 heavy (non-hydrogen) atoms. The number of ether oxygens (including phenoxy) is 2. The molecule has 7 nitrogen and oxygen atoms in total. The number of urea groups is 1. The number of halogens is 3. The average molecular weight is 360 g/mol. The largest absolute Gasteiger partial charge is 0.482 e. The smallest absolute Gasteiger partial charge is 0.416 e. The van der Waals surface area contributed by atoms with Gasteiger partial charge in [0.2, 0.25) is 0 Å². The third-order valence-electron chi connectivity index (χ3n) is 2.54. The van der Waals surface area contributed by atoms with E-state index in [4.69, 9.17) is 4.74 Å². The number of alkyl halides is 3. The monoisotopic (exact) mass is 360 g/mol. The van der Waals surface area contributed by atoms with Gasteiger partial charge in [0, 0.05) is 6.54 Å². The molecule has 0 heterocycles. The highest BCUT2D eigenvalue weighted by molar-refractivity contribution is 5.95. The van der Waals surface area contributed by atoms with Crippen LogP contribution in [0.2, 0.25) is 0 Å². The van der Waals surface area contributed by atoms with Crippen LogP contribution in [0, 0.1) is 0 Å². The van der Waals surface area contributed by atoms with Crippen LogP contribution in [0.4, 0.5) is 18.0 Å². The Labute approximate surface area is 140 Å². The van der Waals surface area contributed by atoms with Crippen LogP contribution in [0.3, 0.4) is 0 Å². The van der Waals surface area contributed by atoms with E-state index in [2.05, 4.69) is 16.6 Å². The summed E-state index contributed by atoms with van der Waals surface area (Å²) >= 11 is 0. The number of esters is 1. The van der Waals surface area contributed by atoms with E-state index >= 15 is 0 Å². The fraction of sp³-hybridized carbons (Fsp3) is 0.267. The highest BCUT2D eigenvalue weighted by Gasteiger charge is 2.30. The predicted octanol–water partition coefficient (Wildman–Crippen LogP) is 1.64. The summed E-state index contributed by atoms with van der Waals surface area (Å²) in [4.78, 5) is 33.8. The van der Waals surface area contributed by atoms with Gasteiger partial charge in [-0.1, -0.05) is 12.1 Å². The Kier molecular flexibility index (Phi) is 7.44. The number of imide groups is 1. The van der Waals surface area contributed by atoms with E-state index < -0.39 is 42.9 Å². The summed E-state index contributed by atoms with van der Waals surface area (Å²) in [5.74, 6) is -2.05. The SMILES string of the molecule is C=CCNC(=O)NC(=O)COC(=O)COc1cccc(C(F)(F)F)c1. The molecule has 0 bridgehead atoms. The molecular weight excluding hydrogens is 345 g/mol. The number of rotatable bonds is 7. The highest BCUT2D eigenvalue weighted by atomic mass is 19.4. The third-order valence-corrected chi connectivity index (χ3v) is 2.54. The Balaban J connectivity index is 2.37. The summed E-state index contributed by atoms with van der Waals surface area (Å²) in [6, 6.07) is 3.15. The van der Waals surface area contributed by atoms with Crippen LogP contribution in [0.15, 0.2) is 36.9 Å². The Morgan fingerprint density at radius 1 is 1.20 bits per heavy atom. The van der Waals surface area contributed by atoms with Gasteiger partial charge < -0.3 is 14.8 Å². The van der Waals surface area contributed by atoms with Crippen molar-refractivity contribution in [1.82, 2.24) is 10.6 Å². The zero-order valence-corrected chi connectivity index (χ0v) is 12.9. The van der Waals surface area contributed by atoms with Crippen LogP contribution in [-0.2, 0) is 20.5 Å². The highest BCUT2D eigenvalue weighted by Crippen LogP contribution is 2.31. The second-order valence-corrected chi connectivity index (χ2v) is 4.52. The van der Waals surface area contributed by atoms with Crippen LogP contribution >= 0.6 is 0 Å². The molecule has 0 radical (unpaired) electrons. The molecule has 0 saturated carbocycles. The number of hydrogen-bond acceptors (Lipinski definition) is 5. The van der Waals surface area contributed by atoms with Crippen LogP contribution in [0.25, 0.3) is 0 Å². The van der Waals surface area contributed by atoms with Crippen molar-refractivity contribution in [2.45, 2.75) is 6.18 Å². The summed E-state index contributed by atoms with van der Waals surface area (Å²) in [5.41, 5.74) is -0.928.